The summed E-state index contributed by atoms with van der Waals surface area (Å²) in [5.41, 5.74) is 1.04. The average Bonchev–Trinajstić information content (AvgIpc) is 3.02. The predicted octanol–water partition coefficient (Wildman–Crippen LogP) is 2.02. The zero-order chi connectivity index (χ0) is 17.1. The van der Waals surface area contributed by atoms with Crippen molar-refractivity contribution >= 4 is 11.9 Å². The molecule has 24 heavy (non-hydrogen) atoms. The second-order valence-corrected chi connectivity index (χ2v) is 6.01. The molecule has 1 saturated heterocycles. The summed E-state index contributed by atoms with van der Waals surface area (Å²) >= 11 is 0. The quantitative estimate of drug-likeness (QED) is 0.922. The summed E-state index contributed by atoms with van der Waals surface area (Å²) in [5.74, 6) is 0.590. The molecule has 3 rings (SSSR count). The van der Waals surface area contributed by atoms with E-state index in [4.69, 9.17) is 9.63 Å². The molecule has 1 aliphatic heterocycles. The van der Waals surface area contributed by atoms with E-state index in [1.807, 2.05) is 4.90 Å². The maximum Gasteiger partial charge on any atom is 0.335 e. The van der Waals surface area contributed by atoms with Gasteiger partial charge in [0.25, 0.3) is 0 Å². The molecule has 1 aromatic heterocycles. The van der Waals surface area contributed by atoms with E-state index in [2.05, 4.69) is 10.1 Å². The van der Waals surface area contributed by atoms with Crippen LogP contribution in [0, 0.1) is 6.92 Å². The standard InChI is InChI=1S/C17H19N3O4/c1-11-18-16(24-19-11)13-6-8-20(9-7-13)15(21)10-12-2-4-14(5-3-12)17(22)23/h2-5,13H,6-10H2,1H3,(H,22,23). The third kappa shape index (κ3) is 3.61. The number of likely N-dealkylation sites (tertiary alicyclic amines) is 1. The number of amides is 1. The minimum Gasteiger partial charge on any atom is -0.478 e. The highest BCUT2D eigenvalue weighted by molar-refractivity contribution is 5.87. The van der Waals surface area contributed by atoms with Crippen LogP contribution in [-0.2, 0) is 11.2 Å². The number of carboxylic acid groups (broad SMARTS) is 1. The molecular formula is C17H19N3O4. The molecule has 7 nitrogen and oxygen atoms in total. The molecule has 1 aromatic carbocycles. The number of aryl methyl sites for hydroxylation is 1. The average molecular weight is 329 g/mol. The second kappa shape index (κ2) is 6.82. The van der Waals surface area contributed by atoms with Crippen molar-refractivity contribution in [1.29, 1.82) is 0 Å². The summed E-state index contributed by atoms with van der Waals surface area (Å²) in [6, 6.07) is 6.43. The Labute approximate surface area is 139 Å². The van der Waals surface area contributed by atoms with E-state index in [1.54, 1.807) is 19.1 Å². The fraction of sp³-hybridized carbons (Fsp3) is 0.412. The van der Waals surface area contributed by atoms with Crippen LogP contribution in [0.4, 0.5) is 0 Å². The Balaban J connectivity index is 1.54. The van der Waals surface area contributed by atoms with Gasteiger partial charge in [-0.25, -0.2) is 4.79 Å². The number of hydrogen-bond donors (Lipinski definition) is 1. The molecule has 0 aliphatic carbocycles. The van der Waals surface area contributed by atoms with E-state index in [0.29, 0.717) is 24.8 Å². The zero-order valence-corrected chi connectivity index (χ0v) is 13.4. The molecule has 126 valence electrons. The Kier molecular flexibility index (Phi) is 4.59. The molecule has 2 heterocycles. The van der Waals surface area contributed by atoms with Crippen LogP contribution in [0.15, 0.2) is 28.8 Å². The van der Waals surface area contributed by atoms with Crippen LogP contribution in [-0.4, -0.2) is 45.1 Å². The van der Waals surface area contributed by atoms with Crippen molar-refractivity contribution in [2.24, 2.45) is 0 Å². The molecule has 1 aliphatic rings. The number of piperidine rings is 1. The predicted molar refractivity (Wildman–Crippen MR) is 84.7 cm³/mol. The van der Waals surface area contributed by atoms with Gasteiger partial charge in [-0.1, -0.05) is 17.3 Å². The number of benzene rings is 1. The van der Waals surface area contributed by atoms with Crippen LogP contribution < -0.4 is 0 Å². The summed E-state index contributed by atoms with van der Waals surface area (Å²) in [7, 11) is 0. The van der Waals surface area contributed by atoms with Gasteiger partial charge in [0.15, 0.2) is 5.82 Å². The first-order chi connectivity index (χ1) is 11.5. The van der Waals surface area contributed by atoms with E-state index in [0.717, 1.165) is 18.4 Å². The van der Waals surface area contributed by atoms with E-state index >= 15 is 0 Å². The summed E-state index contributed by atoms with van der Waals surface area (Å²) in [5, 5.41) is 12.7. The van der Waals surface area contributed by atoms with E-state index in [1.165, 1.54) is 12.1 Å². The van der Waals surface area contributed by atoms with Crippen molar-refractivity contribution in [1.82, 2.24) is 15.0 Å². The first kappa shape index (κ1) is 16.2. The minimum absolute atomic E-state index is 0.0539. The SMILES string of the molecule is Cc1noc(C2CCN(C(=O)Cc3ccc(C(=O)O)cc3)CC2)n1. The number of nitrogens with zero attached hydrogens (tertiary/aromatic N) is 3. The molecule has 7 heteroatoms. The lowest BCUT2D eigenvalue weighted by molar-refractivity contribution is -0.131. The molecule has 0 spiro atoms. The Hall–Kier alpha value is -2.70. The third-order valence-electron chi connectivity index (χ3n) is 4.30. The van der Waals surface area contributed by atoms with Gasteiger partial charge in [-0.2, -0.15) is 4.98 Å². The van der Waals surface area contributed by atoms with Gasteiger partial charge >= 0.3 is 5.97 Å². The number of aromatic carboxylic acids is 1. The smallest absolute Gasteiger partial charge is 0.335 e. The second-order valence-electron chi connectivity index (χ2n) is 6.01. The molecular weight excluding hydrogens is 310 g/mol. The largest absolute Gasteiger partial charge is 0.478 e. The summed E-state index contributed by atoms with van der Waals surface area (Å²) in [6.45, 7) is 3.12. The topological polar surface area (TPSA) is 96.5 Å². The van der Waals surface area contributed by atoms with Gasteiger partial charge in [-0.15, -0.1) is 0 Å². The first-order valence-electron chi connectivity index (χ1n) is 7.93. The fourth-order valence-corrected chi connectivity index (χ4v) is 2.91. The Morgan fingerprint density at radius 2 is 1.92 bits per heavy atom. The van der Waals surface area contributed by atoms with Gasteiger partial charge in [0, 0.05) is 19.0 Å². The number of hydrogen-bond acceptors (Lipinski definition) is 5. The lowest BCUT2D eigenvalue weighted by Gasteiger charge is -2.30. The van der Waals surface area contributed by atoms with Crippen molar-refractivity contribution in [2.75, 3.05) is 13.1 Å². The molecule has 0 unspecified atom stereocenters. The van der Waals surface area contributed by atoms with Gasteiger partial charge in [0.2, 0.25) is 11.8 Å². The fourth-order valence-electron chi connectivity index (χ4n) is 2.91. The van der Waals surface area contributed by atoms with Crippen molar-refractivity contribution in [3.63, 3.8) is 0 Å². The van der Waals surface area contributed by atoms with Gasteiger partial charge in [-0.3, -0.25) is 4.79 Å². The van der Waals surface area contributed by atoms with Crippen LogP contribution in [0.1, 0.15) is 46.4 Å². The molecule has 1 amide bonds. The van der Waals surface area contributed by atoms with Gasteiger partial charge in [-0.05, 0) is 37.5 Å². The van der Waals surface area contributed by atoms with Crippen molar-refractivity contribution in [2.45, 2.75) is 32.1 Å². The Morgan fingerprint density at radius 1 is 1.25 bits per heavy atom. The third-order valence-corrected chi connectivity index (χ3v) is 4.30. The van der Waals surface area contributed by atoms with Crippen molar-refractivity contribution in [3.05, 3.63) is 47.1 Å². The molecule has 0 atom stereocenters. The van der Waals surface area contributed by atoms with Crippen LogP contribution in [0.2, 0.25) is 0 Å². The highest BCUT2D eigenvalue weighted by Crippen LogP contribution is 2.27. The van der Waals surface area contributed by atoms with E-state index < -0.39 is 5.97 Å². The number of aromatic nitrogens is 2. The lowest BCUT2D eigenvalue weighted by atomic mass is 9.96. The highest BCUT2D eigenvalue weighted by atomic mass is 16.5. The number of carbonyl (C=O) groups is 2. The van der Waals surface area contributed by atoms with Crippen LogP contribution in [0.3, 0.4) is 0 Å². The number of carboxylic acids is 1. The molecule has 1 fully saturated rings. The van der Waals surface area contributed by atoms with Gasteiger partial charge in [0.1, 0.15) is 0 Å². The van der Waals surface area contributed by atoms with Gasteiger partial charge < -0.3 is 14.5 Å². The summed E-state index contributed by atoms with van der Waals surface area (Å²) in [4.78, 5) is 29.3. The zero-order valence-electron chi connectivity index (χ0n) is 13.4. The van der Waals surface area contributed by atoms with E-state index in [9.17, 15) is 9.59 Å². The molecule has 1 N–H and O–H groups in total. The summed E-state index contributed by atoms with van der Waals surface area (Å²) in [6.07, 6.45) is 1.90. The van der Waals surface area contributed by atoms with Crippen LogP contribution >= 0.6 is 0 Å². The molecule has 2 aromatic rings. The molecule has 0 saturated carbocycles. The maximum atomic E-state index is 12.4. The Bertz CT molecular complexity index is 731. The highest BCUT2D eigenvalue weighted by Gasteiger charge is 2.27. The lowest BCUT2D eigenvalue weighted by Crippen LogP contribution is -2.38. The first-order valence-corrected chi connectivity index (χ1v) is 7.93. The van der Waals surface area contributed by atoms with Gasteiger partial charge in [0.05, 0.1) is 12.0 Å². The van der Waals surface area contributed by atoms with Crippen molar-refractivity contribution < 1.29 is 19.2 Å². The monoisotopic (exact) mass is 329 g/mol. The van der Waals surface area contributed by atoms with Crippen LogP contribution in [0.25, 0.3) is 0 Å². The Morgan fingerprint density at radius 3 is 2.46 bits per heavy atom. The number of carbonyl (C=O) groups excluding carboxylic acids is 1. The van der Waals surface area contributed by atoms with Crippen LogP contribution in [0.5, 0.6) is 0 Å². The van der Waals surface area contributed by atoms with Crippen molar-refractivity contribution in [3.8, 4) is 0 Å². The minimum atomic E-state index is -0.966. The normalized spacial score (nSPS) is 15.5. The maximum absolute atomic E-state index is 12.4. The molecule has 0 bridgehead atoms. The number of rotatable bonds is 4. The molecule has 0 radical (unpaired) electrons. The van der Waals surface area contributed by atoms with E-state index in [-0.39, 0.29) is 23.8 Å². The summed E-state index contributed by atoms with van der Waals surface area (Å²) < 4.78 is 5.21.